The van der Waals surface area contributed by atoms with E-state index in [4.69, 9.17) is 16.3 Å². The molecule has 0 radical (unpaired) electrons. The third-order valence-corrected chi connectivity index (χ3v) is 3.79. The first-order valence-electron chi connectivity index (χ1n) is 7.05. The molecule has 0 saturated carbocycles. The topological polar surface area (TPSA) is 15.7 Å². The van der Waals surface area contributed by atoms with Crippen LogP contribution >= 0.6 is 11.6 Å². The second-order valence-corrected chi connectivity index (χ2v) is 5.38. The summed E-state index contributed by atoms with van der Waals surface area (Å²) in [6, 6.07) is 8.16. The molecule has 1 aliphatic rings. The molecular formula is C15H23ClN2O. The molecule has 1 aromatic rings. The van der Waals surface area contributed by atoms with Gasteiger partial charge in [0.2, 0.25) is 0 Å². The van der Waals surface area contributed by atoms with E-state index in [2.05, 4.69) is 21.9 Å². The molecule has 19 heavy (non-hydrogen) atoms. The van der Waals surface area contributed by atoms with E-state index in [0.29, 0.717) is 0 Å². The van der Waals surface area contributed by atoms with Crippen LogP contribution in [0.4, 0.5) is 0 Å². The molecule has 0 aromatic heterocycles. The van der Waals surface area contributed by atoms with Gasteiger partial charge < -0.3 is 4.74 Å². The lowest BCUT2D eigenvalue weighted by molar-refractivity contribution is 0.0786. The molecule has 1 heterocycles. The zero-order chi connectivity index (χ0) is 13.5. The van der Waals surface area contributed by atoms with E-state index < -0.39 is 0 Å². The Hall–Kier alpha value is -0.610. The van der Waals surface area contributed by atoms with Gasteiger partial charge in [0.25, 0.3) is 0 Å². The van der Waals surface area contributed by atoms with Crippen LogP contribution in [0.3, 0.4) is 0 Å². The first kappa shape index (κ1) is 14.8. The van der Waals surface area contributed by atoms with Crippen molar-refractivity contribution in [1.82, 2.24) is 9.80 Å². The first-order valence-corrected chi connectivity index (χ1v) is 7.42. The largest absolute Gasteiger partial charge is 0.380 e. The summed E-state index contributed by atoms with van der Waals surface area (Å²) < 4.78 is 5.40. The van der Waals surface area contributed by atoms with Gasteiger partial charge in [-0.1, -0.05) is 23.7 Å². The van der Waals surface area contributed by atoms with Crippen LogP contribution in [0.2, 0.25) is 5.02 Å². The van der Waals surface area contributed by atoms with Crippen molar-refractivity contribution in [3.05, 3.63) is 34.9 Å². The van der Waals surface area contributed by atoms with Gasteiger partial charge in [-0.05, 0) is 24.6 Å². The van der Waals surface area contributed by atoms with Gasteiger partial charge in [-0.2, -0.15) is 0 Å². The zero-order valence-electron chi connectivity index (χ0n) is 11.6. The Labute approximate surface area is 121 Å². The van der Waals surface area contributed by atoms with E-state index in [-0.39, 0.29) is 0 Å². The Balaban J connectivity index is 1.69. The number of ether oxygens (including phenoxy) is 1. The van der Waals surface area contributed by atoms with Crippen LogP contribution in [0.25, 0.3) is 0 Å². The first-order chi connectivity index (χ1) is 9.28. The fourth-order valence-electron chi connectivity index (χ4n) is 2.36. The Morgan fingerprint density at radius 3 is 2.32 bits per heavy atom. The lowest BCUT2D eigenvalue weighted by Gasteiger charge is -2.34. The van der Waals surface area contributed by atoms with Crippen LogP contribution in [0, 0.1) is 0 Å². The Bertz CT molecular complexity index is 361. The van der Waals surface area contributed by atoms with Gasteiger partial charge in [-0.25, -0.2) is 0 Å². The van der Waals surface area contributed by atoms with E-state index >= 15 is 0 Å². The van der Waals surface area contributed by atoms with E-state index in [1.807, 2.05) is 19.1 Å². The molecule has 0 N–H and O–H groups in total. The van der Waals surface area contributed by atoms with Gasteiger partial charge in [0, 0.05) is 50.9 Å². The normalized spacial score (nSPS) is 17.8. The SMILES string of the molecule is CCOCCN1CCN(Cc2ccc(Cl)cc2)CC1. The highest BCUT2D eigenvalue weighted by atomic mass is 35.5. The molecule has 106 valence electrons. The molecule has 1 aliphatic heterocycles. The number of hydrogen-bond donors (Lipinski definition) is 0. The van der Waals surface area contributed by atoms with Crippen molar-refractivity contribution in [3.63, 3.8) is 0 Å². The molecule has 1 saturated heterocycles. The number of rotatable bonds is 6. The minimum Gasteiger partial charge on any atom is -0.380 e. The van der Waals surface area contributed by atoms with E-state index in [1.54, 1.807) is 0 Å². The fraction of sp³-hybridized carbons (Fsp3) is 0.600. The van der Waals surface area contributed by atoms with E-state index in [0.717, 1.165) is 57.5 Å². The van der Waals surface area contributed by atoms with Crippen molar-refractivity contribution >= 4 is 11.6 Å². The van der Waals surface area contributed by atoms with Crippen molar-refractivity contribution in [1.29, 1.82) is 0 Å². The van der Waals surface area contributed by atoms with Crippen molar-refractivity contribution in [2.24, 2.45) is 0 Å². The molecule has 1 fully saturated rings. The van der Waals surface area contributed by atoms with Crippen molar-refractivity contribution in [2.75, 3.05) is 45.9 Å². The number of benzene rings is 1. The molecule has 0 aliphatic carbocycles. The summed E-state index contributed by atoms with van der Waals surface area (Å²) >= 11 is 5.90. The third kappa shape index (κ3) is 5.11. The molecule has 0 unspecified atom stereocenters. The van der Waals surface area contributed by atoms with Crippen LogP contribution < -0.4 is 0 Å². The molecule has 0 spiro atoms. The maximum absolute atomic E-state index is 5.90. The fourth-order valence-corrected chi connectivity index (χ4v) is 2.48. The van der Waals surface area contributed by atoms with Gasteiger partial charge in [-0.15, -0.1) is 0 Å². The summed E-state index contributed by atoms with van der Waals surface area (Å²) in [6.45, 7) is 10.3. The van der Waals surface area contributed by atoms with Crippen LogP contribution in [0.1, 0.15) is 12.5 Å². The predicted octanol–water partition coefficient (Wildman–Crippen LogP) is 2.49. The van der Waals surface area contributed by atoms with Crippen LogP contribution in [-0.2, 0) is 11.3 Å². The highest BCUT2D eigenvalue weighted by molar-refractivity contribution is 6.30. The molecule has 1 aromatic carbocycles. The number of halogens is 1. The molecular weight excluding hydrogens is 260 g/mol. The average Bonchev–Trinajstić information content (AvgIpc) is 2.44. The minimum absolute atomic E-state index is 0.810. The molecule has 0 atom stereocenters. The van der Waals surface area contributed by atoms with Crippen molar-refractivity contribution < 1.29 is 4.74 Å². The van der Waals surface area contributed by atoms with Gasteiger partial charge in [0.05, 0.1) is 6.61 Å². The maximum atomic E-state index is 5.90. The highest BCUT2D eigenvalue weighted by Crippen LogP contribution is 2.12. The van der Waals surface area contributed by atoms with Crippen LogP contribution in [0.15, 0.2) is 24.3 Å². The monoisotopic (exact) mass is 282 g/mol. The van der Waals surface area contributed by atoms with E-state index in [9.17, 15) is 0 Å². The molecule has 0 amide bonds. The van der Waals surface area contributed by atoms with Crippen LogP contribution in [0.5, 0.6) is 0 Å². The molecule has 3 nitrogen and oxygen atoms in total. The lowest BCUT2D eigenvalue weighted by atomic mass is 10.2. The summed E-state index contributed by atoms with van der Waals surface area (Å²) in [4.78, 5) is 4.98. The summed E-state index contributed by atoms with van der Waals surface area (Å²) in [5.41, 5.74) is 1.34. The zero-order valence-corrected chi connectivity index (χ0v) is 12.4. The second-order valence-electron chi connectivity index (χ2n) is 4.94. The van der Waals surface area contributed by atoms with Gasteiger partial charge in [0.1, 0.15) is 0 Å². The number of piperazine rings is 1. The third-order valence-electron chi connectivity index (χ3n) is 3.54. The number of nitrogens with zero attached hydrogens (tertiary/aromatic N) is 2. The van der Waals surface area contributed by atoms with Gasteiger partial charge in [-0.3, -0.25) is 9.80 Å². The highest BCUT2D eigenvalue weighted by Gasteiger charge is 2.16. The summed E-state index contributed by atoms with van der Waals surface area (Å²) in [5.74, 6) is 0. The van der Waals surface area contributed by atoms with Gasteiger partial charge >= 0.3 is 0 Å². The maximum Gasteiger partial charge on any atom is 0.0593 e. The summed E-state index contributed by atoms with van der Waals surface area (Å²) in [6.07, 6.45) is 0. The van der Waals surface area contributed by atoms with Gasteiger partial charge in [0.15, 0.2) is 0 Å². The molecule has 4 heteroatoms. The smallest absolute Gasteiger partial charge is 0.0593 e. The molecule has 0 bridgehead atoms. The lowest BCUT2D eigenvalue weighted by Crippen LogP contribution is -2.46. The average molecular weight is 283 g/mol. The summed E-state index contributed by atoms with van der Waals surface area (Å²) in [5, 5.41) is 0.810. The Kier molecular flexibility index (Phi) is 6.11. The Morgan fingerprint density at radius 2 is 1.68 bits per heavy atom. The standard InChI is InChI=1S/C15H23ClN2O/c1-2-19-12-11-17-7-9-18(10-8-17)13-14-3-5-15(16)6-4-14/h3-6H,2,7-13H2,1H3. The van der Waals surface area contributed by atoms with Crippen LogP contribution in [-0.4, -0.2) is 55.7 Å². The predicted molar refractivity (Wildman–Crippen MR) is 79.7 cm³/mol. The minimum atomic E-state index is 0.810. The second kappa shape index (κ2) is 7.85. The quantitative estimate of drug-likeness (QED) is 0.746. The van der Waals surface area contributed by atoms with Crippen molar-refractivity contribution in [3.8, 4) is 0 Å². The van der Waals surface area contributed by atoms with Crippen molar-refractivity contribution in [2.45, 2.75) is 13.5 Å². The number of hydrogen-bond acceptors (Lipinski definition) is 3. The Morgan fingerprint density at radius 1 is 1.05 bits per heavy atom. The molecule has 2 rings (SSSR count). The van der Waals surface area contributed by atoms with E-state index in [1.165, 1.54) is 5.56 Å². The summed E-state index contributed by atoms with van der Waals surface area (Å²) in [7, 11) is 0.